The fourth-order valence-electron chi connectivity index (χ4n) is 3.20. The van der Waals surface area contributed by atoms with Crippen LogP contribution in [0.3, 0.4) is 0 Å². The van der Waals surface area contributed by atoms with Gasteiger partial charge in [0.2, 0.25) is 11.8 Å². The standard InChI is InChI=1S/C19H21IN2O8S.C2H6/c20-31-30-10-8-28-6-5-27-7-9-29-12-1-2-13-14(11-12)19(26)22(18(13)25)15-3-4-16(23)21-17(15)24;1-2/h1-2,11,15H,3-10H2,(H,21,23,24);1-2H3. The number of nitrogens with one attached hydrogen (secondary N) is 1. The molecule has 1 aromatic carbocycles. The van der Waals surface area contributed by atoms with Crippen molar-refractivity contribution >= 4 is 54.0 Å². The minimum Gasteiger partial charge on any atom is -0.491 e. The molecule has 1 aromatic rings. The number of imide groups is 2. The van der Waals surface area contributed by atoms with Gasteiger partial charge in [-0.25, -0.2) is 0 Å². The van der Waals surface area contributed by atoms with Gasteiger partial charge in [0.15, 0.2) is 0 Å². The van der Waals surface area contributed by atoms with E-state index in [9.17, 15) is 19.2 Å². The Kier molecular flexibility index (Phi) is 12.1. The molecule has 2 aliphatic heterocycles. The minimum absolute atomic E-state index is 0.0779. The molecule has 33 heavy (non-hydrogen) atoms. The largest absolute Gasteiger partial charge is 0.491 e. The van der Waals surface area contributed by atoms with E-state index in [2.05, 4.69) is 5.32 Å². The van der Waals surface area contributed by atoms with Gasteiger partial charge >= 0.3 is 0 Å². The fraction of sp³-hybridized carbons (Fsp3) is 0.524. The molecule has 3 rings (SSSR count). The Labute approximate surface area is 208 Å². The third-order valence-corrected chi connectivity index (χ3v) is 5.65. The molecule has 10 nitrogen and oxygen atoms in total. The summed E-state index contributed by atoms with van der Waals surface area (Å²) in [4.78, 5) is 49.7. The van der Waals surface area contributed by atoms with E-state index in [4.69, 9.17) is 18.4 Å². The van der Waals surface area contributed by atoms with Crippen LogP contribution in [0.2, 0.25) is 0 Å². The Morgan fingerprint density at radius 2 is 1.61 bits per heavy atom. The number of nitrogens with zero attached hydrogens (tertiary/aromatic N) is 1. The number of hydrogen-bond acceptors (Lipinski definition) is 9. The molecule has 0 radical (unpaired) electrons. The number of rotatable bonds is 12. The summed E-state index contributed by atoms with van der Waals surface area (Å²) in [5.74, 6) is -1.75. The number of hydrogen-bond donors (Lipinski definition) is 1. The maximum atomic E-state index is 12.8. The molecule has 1 N–H and O–H groups in total. The molecular weight excluding hydrogens is 567 g/mol. The van der Waals surface area contributed by atoms with E-state index in [-0.39, 0.29) is 30.6 Å². The summed E-state index contributed by atoms with van der Waals surface area (Å²) >= 11 is 2.04. The highest BCUT2D eigenvalue weighted by Crippen LogP contribution is 2.30. The highest BCUT2D eigenvalue weighted by Gasteiger charge is 2.44. The minimum atomic E-state index is -0.989. The van der Waals surface area contributed by atoms with Crippen LogP contribution in [0.1, 0.15) is 47.4 Å². The van der Waals surface area contributed by atoms with Crippen LogP contribution < -0.4 is 10.1 Å². The predicted molar refractivity (Wildman–Crippen MR) is 129 cm³/mol. The van der Waals surface area contributed by atoms with E-state index in [1.807, 2.05) is 35.1 Å². The summed E-state index contributed by atoms with van der Waals surface area (Å²) in [6.07, 6.45) is 0.194. The monoisotopic (exact) mass is 594 g/mol. The van der Waals surface area contributed by atoms with Gasteiger partial charge in [0.25, 0.3) is 11.8 Å². The molecule has 0 spiro atoms. The van der Waals surface area contributed by atoms with E-state index in [0.717, 1.165) is 4.90 Å². The van der Waals surface area contributed by atoms with Crippen LogP contribution >= 0.6 is 30.4 Å². The second-order valence-corrected chi connectivity index (χ2v) is 8.05. The summed E-state index contributed by atoms with van der Waals surface area (Å²) in [6.45, 7) is 6.45. The first-order valence-corrected chi connectivity index (χ1v) is 13.9. The molecule has 2 heterocycles. The van der Waals surface area contributed by atoms with Crippen LogP contribution in [-0.2, 0) is 23.2 Å². The number of carbonyl (C=O) groups is 4. The Morgan fingerprint density at radius 3 is 2.27 bits per heavy atom. The molecule has 2 aliphatic rings. The lowest BCUT2D eigenvalue weighted by Gasteiger charge is -2.27. The topological polar surface area (TPSA) is 120 Å². The molecule has 0 bridgehead atoms. The highest BCUT2D eigenvalue weighted by atomic mass is 127. The third kappa shape index (κ3) is 7.64. The van der Waals surface area contributed by atoms with E-state index in [1.54, 1.807) is 6.07 Å². The summed E-state index contributed by atoms with van der Waals surface area (Å²) in [5, 5.41) is 2.17. The SMILES string of the molecule is CC.O=C1CCC(N2C(=O)c3ccc(OCCOCCOCCOSI)cc3C2=O)C(=O)N1. The highest BCUT2D eigenvalue weighted by molar-refractivity contribution is 14.2. The Morgan fingerprint density at radius 1 is 0.970 bits per heavy atom. The van der Waals surface area contributed by atoms with Crippen molar-refractivity contribution in [1.82, 2.24) is 10.2 Å². The summed E-state index contributed by atoms with van der Waals surface area (Å²) < 4.78 is 21.4. The maximum Gasteiger partial charge on any atom is 0.262 e. The zero-order valence-electron chi connectivity index (χ0n) is 18.5. The Hall–Kier alpha value is -1.74. The van der Waals surface area contributed by atoms with E-state index in [0.29, 0.717) is 38.8 Å². The molecule has 1 atom stereocenters. The lowest BCUT2D eigenvalue weighted by molar-refractivity contribution is -0.136. The Balaban J connectivity index is 0.00000187. The molecule has 182 valence electrons. The van der Waals surface area contributed by atoms with Gasteiger partial charge in [0.1, 0.15) is 18.4 Å². The van der Waals surface area contributed by atoms with Crippen LogP contribution in [0, 0.1) is 0 Å². The molecule has 0 saturated carbocycles. The second kappa shape index (κ2) is 14.5. The molecule has 0 aliphatic carbocycles. The van der Waals surface area contributed by atoms with Crippen molar-refractivity contribution < 1.29 is 37.6 Å². The molecule has 1 fully saturated rings. The number of benzene rings is 1. The summed E-state index contributed by atoms with van der Waals surface area (Å²) in [5.41, 5.74) is 0.383. The second-order valence-electron chi connectivity index (χ2n) is 6.61. The van der Waals surface area contributed by atoms with E-state index >= 15 is 0 Å². The van der Waals surface area contributed by atoms with Gasteiger partial charge in [0.05, 0.1) is 53.4 Å². The molecule has 1 unspecified atom stereocenters. The molecular formula is C21H27IN2O8S. The average Bonchev–Trinajstić information content (AvgIpc) is 3.06. The van der Waals surface area contributed by atoms with Gasteiger partial charge in [0, 0.05) is 27.6 Å². The summed E-state index contributed by atoms with van der Waals surface area (Å²) in [6, 6.07) is 3.58. The van der Waals surface area contributed by atoms with Crippen LogP contribution in [0.15, 0.2) is 18.2 Å². The normalized spacial score (nSPS) is 17.4. The van der Waals surface area contributed by atoms with E-state index < -0.39 is 29.7 Å². The number of carbonyl (C=O) groups excluding carboxylic acids is 4. The number of piperidine rings is 1. The van der Waals surface area contributed by atoms with Crippen LogP contribution in [0.4, 0.5) is 0 Å². The lowest BCUT2D eigenvalue weighted by atomic mass is 10.0. The number of amides is 4. The molecule has 1 saturated heterocycles. The van der Waals surface area contributed by atoms with Crippen molar-refractivity contribution in [1.29, 1.82) is 0 Å². The predicted octanol–water partition coefficient (Wildman–Crippen LogP) is 2.54. The van der Waals surface area contributed by atoms with Crippen molar-refractivity contribution in [3.05, 3.63) is 29.3 Å². The van der Waals surface area contributed by atoms with Crippen molar-refractivity contribution in [3.63, 3.8) is 0 Å². The lowest BCUT2D eigenvalue weighted by Crippen LogP contribution is -2.54. The van der Waals surface area contributed by atoms with Crippen LogP contribution in [0.5, 0.6) is 5.75 Å². The van der Waals surface area contributed by atoms with Crippen molar-refractivity contribution in [2.45, 2.75) is 32.7 Å². The smallest absolute Gasteiger partial charge is 0.262 e. The summed E-state index contributed by atoms with van der Waals surface area (Å²) in [7, 11) is 1.26. The van der Waals surface area contributed by atoms with Crippen molar-refractivity contribution in [3.8, 4) is 5.75 Å². The third-order valence-electron chi connectivity index (χ3n) is 4.64. The van der Waals surface area contributed by atoms with Crippen molar-refractivity contribution in [2.24, 2.45) is 0 Å². The number of fused-ring (bicyclic) bond motifs is 1. The van der Waals surface area contributed by atoms with Gasteiger partial charge in [-0.2, -0.15) is 0 Å². The van der Waals surface area contributed by atoms with Gasteiger partial charge in [-0.05, 0) is 24.6 Å². The molecule has 12 heteroatoms. The first-order valence-electron chi connectivity index (χ1n) is 10.6. The first-order chi connectivity index (χ1) is 16.0. The maximum absolute atomic E-state index is 12.8. The van der Waals surface area contributed by atoms with Gasteiger partial charge in [-0.3, -0.25) is 29.4 Å². The fourth-order valence-corrected chi connectivity index (χ4v) is 3.88. The van der Waals surface area contributed by atoms with Crippen molar-refractivity contribution in [2.75, 3.05) is 39.6 Å². The van der Waals surface area contributed by atoms with Crippen LogP contribution in [0.25, 0.3) is 0 Å². The molecule has 4 amide bonds. The Bertz CT molecular complexity index is 854. The average molecular weight is 594 g/mol. The number of ether oxygens (including phenoxy) is 3. The quantitative estimate of drug-likeness (QED) is 0.169. The van der Waals surface area contributed by atoms with Gasteiger partial charge < -0.3 is 18.4 Å². The molecule has 0 aromatic heterocycles. The van der Waals surface area contributed by atoms with Crippen LogP contribution in [-0.4, -0.2) is 74.2 Å². The number of halogens is 1. The van der Waals surface area contributed by atoms with Gasteiger partial charge in [-0.15, -0.1) is 0 Å². The first kappa shape index (κ1) is 27.5. The van der Waals surface area contributed by atoms with Gasteiger partial charge in [-0.1, -0.05) is 13.8 Å². The zero-order chi connectivity index (χ0) is 24.2. The van der Waals surface area contributed by atoms with E-state index in [1.165, 1.54) is 21.3 Å². The zero-order valence-corrected chi connectivity index (χ0v) is 21.4.